The smallest absolute Gasteiger partial charge is 0.221 e. The van der Waals surface area contributed by atoms with Crippen LogP contribution in [0, 0.1) is 0 Å². The number of furan rings is 1. The average molecular weight is 314 g/mol. The number of carbonyl (C=O) groups is 2. The van der Waals surface area contributed by atoms with Crippen LogP contribution in [0.2, 0.25) is 0 Å². The van der Waals surface area contributed by atoms with Crippen LogP contribution in [-0.4, -0.2) is 29.8 Å². The van der Waals surface area contributed by atoms with Crippen molar-refractivity contribution in [2.75, 3.05) is 13.1 Å². The molecule has 5 heteroatoms. The van der Waals surface area contributed by atoms with E-state index in [9.17, 15) is 9.59 Å². The number of hydrogen-bond donors (Lipinski definition) is 1. The maximum absolute atomic E-state index is 11.9. The molecule has 1 aromatic carbocycles. The van der Waals surface area contributed by atoms with Gasteiger partial charge in [-0.2, -0.15) is 0 Å². The molecule has 23 heavy (non-hydrogen) atoms. The normalized spacial score (nSPS) is 10.3. The van der Waals surface area contributed by atoms with Gasteiger partial charge in [-0.1, -0.05) is 30.3 Å². The summed E-state index contributed by atoms with van der Waals surface area (Å²) in [6, 6.07) is 13.6. The fourth-order valence-corrected chi connectivity index (χ4v) is 2.25. The Kier molecular flexibility index (Phi) is 6.41. The highest BCUT2D eigenvalue weighted by atomic mass is 16.3. The fourth-order valence-electron chi connectivity index (χ4n) is 2.25. The van der Waals surface area contributed by atoms with Gasteiger partial charge in [0.2, 0.25) is 11.8 Å². The van der Waals surface area contributed by atoms with Gasteiger partial charge < -0.3 is 14.6 Å². The molecule has 2 rings (SSSR count). The van der Waals surface area contributed by atoms with Crippen LogP contribution in [0.5, 0.6) is 0 Å². The Morgan fingerprint density at radius 1 is 1.13 bits per heavy atom. The highest BCUT2D eigenvalue weighted by Crippen LogP contribution is 2.06. The predicted octanol–water partition coefficient (Wildman–Crippen LogP) is 2.38. The first-order valence-corrected chi connectivity index (χ1v) is 7.73. The molecule has 1 aromatic heterocycles. The van der Waals surface area contributed by atoms with Gasteiger partial charge in [0.05, 0.1) is 12.8 Å². The van der Waals surface area contributed by atoms with Gasteiger partial charge in [0, 0.05) is 26.4 Å². The van der Waals surface area contributed by atoms with E-state index in [0.29, 0.717) is 25.4 Å². The van der Waals surface area contributed by atoms with E-state index in [1.165, 1.54) is 12.5 Å². The molecule has 0 aliphatic carbocycles. The zero-order valence-electron chi connectivity index (χ0n) is 13.3. The van der Waals surface area contributed by atoms with E-state index in [2.05, 4.69) is 5.32 Å². The third kappa shape index (κ3) is 5.98. The summed E-state index contributed by atoms with van der Waals surface area (Å²) in [5.41, 5.74) is 1.19. The summed E-state index contributed by atoms with van der Waals surface area (Å²) < 4.78 is 5.24. The Bertz CT molecular complexity index is 608. The van der Waals surface area contributed by atoms with Crippen molar-refractivity contribution in [1.29, 1.82) is 0 Å². The maximum Gasteiger partial charge on any atom is 0.221 e. The zero-order chi connectivity index (χ0) is 16.5. The topological polar surface area (TPSA) is 62.6 Å². The monoisotopic (exact) mass is 314 g/mol. The molecule has 0 unspecified atom stereocenters. The van der Waals surface area contributed by atoms with Crippen LogP contribution in [0.15, 0.2) is 53.1 Å². The second-order valence-corrected chi connectivity index (χ2v) is 5.36. The molecule has 0 saturated carbocycles. The summed E-state index contributed by atoms with van der Waals surface area (Å²) in [5, 5.41) is 2.88. The molecule has 5 nitrogen and oxygen atoms in total. The van der Waals surface area contributed by atoms with Crippen molar-refractivity contribution in [2.45, 2.75) is 26.3 Å². The molecule has 1 N–H and O–H groups in total. The lowest BCUT2D eigenvalue weighted by atomic mass is 10.1. The molecular formula is C18H22N2O3. The van der Waals surface area contributed by atoms with Crippen LogP contribution in [0.4, 0.5) is 0 Å². The molecule has 0 aliphatic rings. The van der Waals surface area contributed by atoms with Gasteiger partial charge in [0.25, 0.3) is 0 Å². The van der Waals surface area contributed by atoms with Gasteiger partial charge in [-0.3, -0.25) is 9.59 Å². The highest BCUT2D eigenvalue weighted by molar-refractivity contribution is 5.78. The first kappa shape index (κ1) is 16.8. The molecule has 2 aromatic rings. The van der Waals surface area contributed by atoms with Crippen LogP contribution in [0.1, 0.15) is 24.7 Å². The van der Waals surface area contributed by atoms with Crippen molar-refractivity contribution in [1.82, 2.24) is 10.2 Å². The minimum atomic E-state index is -0.0708. The largest absolute Gasteiger partial charge is 0.467 e. The lowest BCUT2D eigenvalue weighted by Crippen LogP contribution is -2.34. The zero-order valence-corrected chi connectivity index (χ0v) is 13.3. The molecule has 0 aliphatic heterocycles. The second-order valence-electron chi connectivity index (χ2n) is 5.36. The Labute approximate surface area is 136 Å². The van der Waals surface area contributed by atoms with Crippen molar-refractivity contribution >= 4 is 11.8 Å². The lowest BCUT2D eigenvalue weighted by molar-refractivity contribution is -0.130. The van der Waals surface area contributed by atoms with E-state index in [-0.39, 0.29) is 18.2 Å². The Balaban J connectivity index is 1.70. The summed E-state index contributed by atoms with van der Waals surface area (Å²) in [6.45, 7) is 2.87. The van der Waals surface area contributed by atoms with Crippen LogP contribution in [0.25, 0.3) is 0 Å². The number of nitrogens with zero attached hydrogens (tertiary/aromatic N) is 1. The standard InChI is InChI=1S/C18H22N2O3/c1-15(21)20(14-17-8-5-13-23-17)12-10-18(22)19-11-9-16-6-3-2-4-7-16/h2-8,13H,9-12,14H2,1H3,(H,19,22). The molecule has 122 valence electrons. The van der Waals surface area contributed by atoms with E-state index in [0.717, 1.165) is 6.42 Å². The second kappa shape index (κ2) is 8.78. The third-order valence-electron chi connectivity index (χ3n) is 3.56. The molecule has 0 fully saturated rings. The first-order valence-electron chi connectivity index (χ1n) is 7.73. The van der Waals surface area contributed by atoms with Gasteiger partial charge in [-0.25, -0.2) is 0 Å². The summed E-state index contributed by atoms with van der Waals surface area (Å²) in [7, 11) is 0. The maximum atomic E-state index is 11.9. The van der Waals surface area contributed by atoms with Crippen molar-refractivity contribution in [2.24, 2.45) is 0 Å². The number of hydrogen-bond acceptors (Lipinski definition) is 3. The summed E-state index contributed by atoms with van der Waals surface area (Å²) in [6.07, 6.45) is 2.66. The number of amides is 2. The van der Waals surface area contributed by atoms with E-state index in [1.54, 1.807) is 17.2 Å². The molecular weight excluding hydrogens is 292 g/mol. The molecule has 0 bridgehead atoms. The summed E-state index contributed by atoms with van der Waals surface area (Å²) in [4.78, 5) is 25.1. The van der Waals surface area contributed by atoms with Crippen LogP contribution in [0.3, 0.4) is 0 Å². The fraction of sp³-hybridized carbons (Fsp3) is 0.333. The van der Waals surface area contributed by atoms with Gasteiger partial charge >= 0.3 is 0 Å². The highest BCUT2D eigenvalue weighted by Gasteiger charge is 2.12. The minimum absolute atomic E-state index is 0.0494. The quantitative estimate of drug-likeness (QED) is 0.813. The van der Waals surface area contributed by atoms with Gasteiger partial charge in [-0.15, -0.1) is 0 Å². The Morgan fingerprint density at radius 2 is 1.91 bits per heavy atom. The first-order chi connectivity index (χ1) is 11.1. The Hall–Kier alpha value is -2.56. The lowest BCUT2D eigenvalue weighted by Gasteiger charge is -2.19. The van der Waals surface area contributed by atoms with Crippen molar-refractivity contribution in [3.8, 4) is 0 Å². The third-order valence-corrected chi connectivity index (χ3v) is 3.56. The van der Waals surface area contributed by atoms with E-state index >= 15 is 0 Å². The van der Waals surface area contributed by atoms with E-state index in [1.807, 2.05) is 36.4 Å². The molecule has 0 atom stereocenters. The van der Waals surface area contributed by atoms with Gasteiger partial charge in [0.1, 0.15) is 5.76 Å². The SMILES string of the molecule is CC(=O)N(CCC(=O)NCCc1ccccc1)Cc1ccco1. The van der Waals surface area contributed by atoms with Crippen LogP contribution < -0.4 is 5.32 Å². The van der Waals surface area contributed by atoms with Crippen molar-refractivity contribution < 1.29 is 14.0 Å². The molecule has 1 heterocycles. The van der Waals surface area contributed by atoms with Crippen molar-refractivity contribution in [3.05, 3.63) is 60.1 Å². The van der Waals surface area contributed by atoms with E-state index < -0.39 is 0 Å². The molecule has 0 radical (unpaired) electrons. The van der Waals surface area contributed by atoms with Gasteiger partial charge in [-0.05, 0) is 24.1 Å². The average Bonchev–Trinajstić information content (AvgIpc) is 3.05. The van der Waals surface area contributed by atoms with E-state index in [4.69, 9.17) is 4.42 Å². The molecule has 0 spiro atoms. The number of rotatable bonds is 8. The Morgan fingerprint density at radius 3 is 2.57 bits per heavy atom. The minimum Gasteiger partial charge on any atom is -0.467 e. The van der Waals surface area contributed by atoms with Gasteiger partial charge in [0.15, 0.2) is 0 Å². The number of carbonyl (C=O) groups excluding carboxylic acids is 2. The molecule has 2 amide bonds. The van der Waals surface area contributed by atoms with Crippen molar-refractivity contribution in [3.63, 3.8) is 0 Å². The molecule has 0 saturated heterocycles. The predicted molar refractivity (Wildman–Crippen MR) is 87.6 cm³/mol. The number of nitrogens with one attached hydrogen (secondary N) is 1. The summed E-state index contributed by atoms with van der Waals surface area (Å²) in [5.74, 6) is 0.592. The number of benzene rings is 1. The van der Waals surface area contributed by atoms with Crippen LogP contribution >= 0.6 is 0 Å². The summed E-state index contributed by atoms with van der Waals surface area (Å²) >= 11 is 0. The van der Waals surface area contributed by atoms with Crippen LogP contribution in [-0.2, 0) is 22.6 Å².